The Morgan fingerprint density at radius 1 is 1.24 bits per heavy atom. The fourth-order valence-electron chi connectivity index (χ4n) is 5.39. The van der Waals surface area contributed by atoms with Crippen molar-refractivity contribution in [3.8, 4) is 22.9 Å². The van der Waals surface area contributed by atoms with E-state index in [0.717, 1.165) is 55.2 Å². The first-order valence-electron chi connectivity index (χ1n) is 12.7. The molecular formula is C26H32N8O3. The van der Waals surface area contributed by atoms with Crippen LogP contribution in [0, 0.1) is 11.3 Å². The summed E-state index contributed by atoms with van der Waals surface area (Å²) in [6.07, 6.45) is 5.60. The van der Waals surface area contributed by atoms with E-state index in [1.165, 1.54) is 0 Å². The topological polar surface area (TPSA) is 131 Å². The molecule has 11 nitrogen and oxygen atoms in total. The number of pyridine rings is 2. The molecule has 0 spiro atoms. The number of nitriles is 1. The van der Waals surface area contributed by atoms with Crippen LogP contribution in [0.4, 0.5) is 10.6 Å². The Balaban J connectivity index is 1.34. The highest BCUT2D eigenvalue weighted by Crippen LogP contribution is 2.32. The van der Waals surface area contributed by atoms with Crippen LogP contribution < -0.4 is 20.3 Å². The second-order valence-corrected chi connectivity index (χ2v) is 9.61. The summed E-state index contributed by atoms with van der Waals surface area (Å²) >= 11 is 0. The van der Waals surface area contributed by atoms with Gasteiger partial charge in [0.15, 0.2) is 0 Å². The van der Waals surface area contributed by atoms with Gasteiger partial charge in [0.1, 0.15) is 17.6 Å². The molecule has 0 aromatic carbocycles. The third-order valence-electron chi connectivity index (χ3n) is 7.23. The van der Waals surface area contributed by atoms with Crippen LogP contribution in [-0.4, -0.2) is 88.7 Å². The van der Waals surface area contributed by atoms with Gasteiger partial charge in [-0.2, -0.15) is 10.4 Å². The normalized spacial score (nSPS) is 17.9. The van der Waals surface area contributed by atoms with Gasteiger partial charge in [-0.3, -0.25) is 4.90 Å². The van der Waals surface area contributed by atoms with Crippen molar-refractivity contribution >= 4 is 17.4 Å². The summed E-state index contributed by atoms with van der Waals surface area (Å²) in [4.78, 5) is 20.9. The third kappa shape index (κ3) is 5.30. The van der Waals surface area contributed by atoms with Crippen molar-refractivity contribution in [3.05, 3.63) is 42.4 Å². The van der Waals surface area contributed by atoms with Crippen LogP contribution in [0.1, 0.15) is 25.3 Å². The SMILES string of the molecule is CCOc1cc(-c2ccc(N3CCC(CN4CCNCC4)(NC(=O)O)CC3)nc2)c2c(C#N)cnn2c1. The smallest absolute Gasteiger partial charge is 0.405 e. The van der Waals surface area contributed by atoms with Gasteiger partial charge in [-0.05, 0) is 38.0 Å². The van der Waals surface area contributed by atoms with Crippen molar-refractivity contribution in [1.82, 2.24) is 30.1 Å². The number of piperidine rings is 1. The summed E-state index contributed by atoms with van der Waals surface area (Å²) in [5.74, 6) is 1.52. The molecule has 1 amide bonds. The number of nitrogens with zero attached hydrogens (tertiary/aromatic N) is 6. The molecule has 0 saturated carbocycles. The molecule has 2 aliphatic heterocycles. The van der Waals surface area contributed by atoms with Gasteiger partial charge in [-0.25, -0.2) is 14.3 Å². The Hall–Kier alpha value is -3.88. The molecule has 0 radical (unpaired) electrons. The Morgan fingerprint density at radius 3 is 2.68 bits per heavy atom. The van der Waals surface area contributed by atoms with Gasteiger partial charge in [0, 0.05) is 63.1 Å². The molecule has 0 atom stereocenters. The van der Waals surface area contributed by atoms with Crippen molar-refractivity contribution < 1.29 is 14.6 Å². The number of fused-ring (bicyclic) bond motifs is 1. The second-order valence-electron chi connectivity index (χ2n) is 9.61. The summed E-state index contributed by atoms with van der Waals surface area (Å²) in [6.45, 7) is 8.31. The lowest BCUT2D eigenvalue weighted by Crippen LogP contribution is -2.62. The van der Waals surface area contributed by atoms with Gasteiger partial charge >= 0.3 is 6.09 Å². The number of nitrogens with one attached hydrogen (secondary N) is 2. The molecule has 3 aromatic heterocycles. The summed E-state index contributed by atoms with van der Waals surface area (Å²) in [6, 6.07) is 8.12. The molecule has 2 aliphatic rings. The number of carbonyl (C=O) groups is 1. The van der Waals surface area contributed by atoms with E-state index in [4.69, 9.17) is 9.72 Å². The monoisotopic (exact) mass is 504 g/mol. The zero-order valence-electron chi connectivity index (χ0n) is 21.0. The van der Waals surface area contributed by atoms with Crippen LogP contribution >= 0.6 is 0 Å². The summed E-state index contributed by atoms with van der Waals surface area (Å²) in [5, 5.41) is 29.6. The van der Waals surface area contributed by atoms with Crippen molar-refractivity contribution in [2.75, 3.05) is 57.3 Å². The maximum Gasteiger partial charge on any atom is 0.405 e. The molecule has 0 aliphatic carbocycles. The van der Waals surface area contributed by atoms with Gasteiger partial charge in [0.2, 0.25) is 0 Å². The number of amides is 1. The van der Waals surface area contributed by atoms with Gasteiger partial charge in [0.25, 0.3) is 0 Å². The zero-order chi connectivity index (χ0) is 25.8. The lowest BCUT2D eigenvalue weighted by molar-refractivity contribution is 0.126. The van der Waals surface area contributed by atoms with Crippen molar-refractivity contribution in [2.24, 2.45) is 0 Å². The van der Waals surface area contributed by atoms with Crippen LogP contribution in [0.2, 0.25) is 0 Å². The lowest BCUT2D eigenvalue weighted by Gasteiger charge is -2.45. The standard InChI is InChI=1S/C26H32N8O3/c1-2-37-21-13-22(24-20(14-27)16-30-34(24)17-21)19-3-4-23(29-15-19)33-9-5-26(6-10-33,31-25(35)36)18-32-11-7-28-8-12-32/h3-4,13,15-17,28,31H,2,5-12,18H2,1H3,(H,35,36). The average molecular weight is 505 g/mol. The first kappa shape index (κ1) is 24.8. The highest BCUT2D eigenvalue weighted by atomic mass is 16.5. The fraction of sp³-hybridized carbons (Fsp3) is 0.462. The van der Waals surface area contributed by atoms with E-state index in [1.54, 1.807) is 16.9 Å². The highest BCUT2D eigenvalue weighted by molar-refractivity contribution is 5.85. The van der Waals surface area contributed by atoms with Crippen LogP contribution in [-0.2, 0) is 0 Å². The van der Waals surface area contributed by atoms with Crippen molar-refractivity contribution in [3.63, 3.8) is 0 Å². The minimum absolute atomic E-state index is 0.458. The molecule has 2 fully saturated rings. The molecule has 0 bridgehead atoms. The number of rotatable bonds is 7. The van der Waals surface area contributed by atoms with E-state index in [1.807, 2.05) is 31.3 Å². The van der Waals surface area contributed by atoms with Gasteiger partial charge in [-0.1, -0.05) is 0 Å². The first-order chi connectivity index (χ1) is 18.0. The summed E-state index contributed by atoms with van der Waals surface area (Å²) in [7, 11) is 0. The predicted octanol–water partition coefficient (Wildman–Crippen LogP) is 2.18. The maximum absolute atomic E-state index is 11.6. The van der Waals surface area contributed by atoms with E-state index >= 15 is 0 Å². The van der Waals surface area contributed by atoms with E-state index in [9.17, 15) is 15.2 Å². The van der Waals surface area contributed by atoms with Crippen LogP contribution in [0.3, 0.4) is 0 Å². The number of anilines is 1. The van der Waals surface area contributed by atoms with E-state index in [2.05, 4.69) is 31.6 Å². The largest absolute Gasteiger partial charge is 0.492 e. The van der Waals surface area contributed by atoms with E-state index < -0.39 is 11.6 Å². The Bertz CT molecular complexity index is 1290. The minimum atomic E-state index is -0.969. The number of aromatic nitrogens is 3. The number of carboxylic acid groups (broad SMARTS) is 1. The number of ether oxygens (including phenoxy) is 1. The third-order valence-corrected chi connectivity index (χ3v) is 7.23. The quantitative estimate of drug-likeness (QED) is 0.443. The Kier molecular flexibility index (Phi) is 7.12. The van der Waals surface area contributed by atoms with Crippen LogP contribution in [0.15, 0.2) is 36.8 Å². The number of hydrogen-bond donors (Lipinski definition) is 3. The summed E-state index contributed by atoms with van der Waals surface area (Å²) < 4.78 is 7.38. The van der Waals surface area contributed by atoms with E-state index in [0.29, 0.717) is 43.9 Å². The molecule has 3 N–H and O–H groups in total. The Morgan fingerprint density at radius 2 is 2.03 bits per heavy atom. The fourth-order valence-corrected chi connectivity index (χ4v) is 5.39. The zero-order valence-corrected chi connectivity index (χ0v) is 21.0. The predicted molar refractivity (Wildman–Crippen MR) is 139 cm³/mol. The minimum Gasteiger partial charge on any atom is -0.492 e. The molecule has 5 heterocycles. The first-order valence-corrected chi connectivity index (χ1v) is 12.7. The second kappa shape index (κ2) is 10.6. The van der Waals surface area contributed by atoms with Gasteiger partial charge in [-0.15, -0.1) is 0 Å². The van der Waals surface area contributed by atoms with Crippen LogP contribution in [0.25, 0.3) is 16.6 Å². The van der Waals surface area contributed by atoms with E-state index in [-0.39, 0.29) is 0 Å². The van der Waals surface area contributed by atoms with Crippen LogP contribution in [0.5, 0.6) is 5.75 Å². The highest BCUT2D eigenvalue weighted by Gasteiger charge is 2.38. The van der Waals surface area contributed by atoms with Gasteiger partial charge < -0.3 is 25.4 Å². The molecule has 3 aromatic rings. The maximum atomic E-state index is 11.6. The van der Waals surface area contributed by atoms with Gasteiger partial charge in [0.05, 0.1) is 35.6 Å². The molecule has 11 heteroatoms. The summed E-state index contributed by atoms with van der Waals surface area (Å²) in [5.41, 5.74) is 2.45. The number of piperazine rings is 1. The molecule has 37 heavy (non-hydrogen) atoms. The van der Waals surface area contributed by atoms with Crippen molar-refractivity contribution in [2.45, 2.75) is 25.3 Å². The molecule has 0 unspecified atom stereocenters. The Labute approximate surface area is 215 Å². The molecule has 194 valence electrons. The van der Waals surface area contributed by atoms with Crippen molar-refractivity contribution in [1.29, 1.82) is 5.26 Å². The average Bonchev–Trinajstić information content (AvgIpc) is 3.32. The molecular weight excluding hydrogens is 472 g/mol. The molecule has 2 saturated heterocycles. The molecule has 5 rings (SSSR count). The number of hydrogen-bond acceptors (Lipinski definition) is 8. The lowest BCUT2D eigenvalue weighted by atomic mass is 9.86.